The third kappa shape index (κ3) is 6.04. The van der Waals surface area contributed by atoms with Crippen molar-refractivity contribution in [3.8, 4) is 5.75 Å². The van der Waals surface area contributed by atoms with Gasteiger partial charge in [-0.2, -0.15) is 0 Å². The quantitative estimate of drug-likeness (QED) is 0.115. The molecule has 3 heteroatoms. The molecule has 0 aromatic heterocycles. The molecule has 0 saturated heterocycles. The van der Waals surface area contributed by atoms with Crippen LogP contribution in [0, 0.1) is 6.92 Å². The van der Waals surface area contributed by atoms with Gasteiger partial charge in [0.1, 0.15) is 5.75 Å². The molecule has 0 aliphatic rings. The number of rotatable bonds is 8. The lowest BCUT2D eigenvalue weighted by molar-refractivity contribution is -0.128. The zero-order valence-corrected chi connectivity index (χ0v) is 19.7. The SMILES string of the molecule is C=CC(=O)Oc1ccc(N(c2ccc(C)cc2)c2ccc(C=Cc3ccc(C=C)cc3)cc2)cc1. The summed E-state index contributed by atoms with van der Waals surface area (Å²) in [4.78, 5) is 13.7. The lowest BCUT2D eigenvalue weighted by Crippen LogP contribution is -2.10. The van der Waals surface area contributed by atoms with Crippen LogP contribution in [0.15, 0.2) is 116 Å². The van der Waals surface area contributed by atoms with Gasteiger partial charge in [0.15, 0.2) is 0 Å². The molecule has 0 heterocycles. The van der Waals surface area contributed by atoms with E-state index in [0.717, 1.165) is 39.8 Å². The lowest BCUT2D eigenvalue weighted by atomic mass is 10.1. The van der Waals surface area contributed by atoms with Gasteiger partial charge in [-0.15, -0.1) is 0 Å². The summed E-state index contributed by atoms with van der Waals surface area (Å²) >= 11 is 0. The average molecular weight is 458 g/mol. The first-order valence-electron chi connectivity index (χ1n) is 11.4. The van der Waals surface area contributed by atoms with Gasteiger partial charge >= 0.3 is 5.97 Å². The van der Waals surface area contributed by atoms with E-state index < -0.39 is 5.97 Å². The number of benzene rings is 4. The Morgan fingerprint density at radius 2 is 1.09 bits per heavy atom. The highest BCUT2D eigenvalue weighted by Gasteiger charge is 2.13. The molecule has 3 nitrogen and oxygen atoms in total. The third-order valence-electron chi connectivity index (χ3n) is 5.56. The lowest BCUT2D eigenvalue weighted by Gasteiger charge is -2.26. The van der Waals surface area contributed by atoms with E-state index in [4.69, 9.17) is 4.74 Å². The van der Waals surface area contributed by atoms with E-state index in [1.165, 1.54) is 5.56 Å². The first kappa shape index (κ1) is 23.5. The number of hydrogen-bond donors (Lipinski definition) is 0. The van der Waals surface area contributed by atoms with Gasteiger partial charge in [0.2, 0.25) is 0 Å². The maximum absolute atomic E-state index is 11.5. The van der Waals surface area contributed by atoms with Crippen LogP contribution in [0.1, 0.15) is 22.3 Å². The van der Waals surface area contributed by atoms with Gasteiger partial charge in [0.05, 0.1) is 0 Å². The highest BCUT2D eigenvalue weighted by molar-refractivity contribution is 5.84. The Labute approximate surface area is 206 Å². The molecule has 4 aromatic carbocycles. The number of esters is 1. The van der Waals surface area contributed by atoms with Crippen LogP contribution in [0.3, 0.4) is 0 Å². The van der Waals surface area contributed by atoms with Crippen molar-refractivity contribution in [3.63, 3.8) is 0 Å². The predicted octanol–water partition coefficient (Wildman–Crippen LogP) is 8.37. The summed E-state index contributed by atoms with van der Waals surface area (Å²) in [6.45, 7) is 9.31. The number of nitrogens with zero attached hydrogens (tertiary/aromatic N) is 1. The van der Waals surface area contributed by atoms with Gasteiger partial charge in [-0.05, 0) is 72.1 Å². The van der Waals surface area contributed by atoms with Gasteiger partial charge in [0.25, 0.3) is 0 Å². The van der Waals surface area contributed by atoms with Crippen LogP contribution in [0.5, 0.6) is 5.75 Å². The van der Waals surface area contributed by atoms with Crippen molar-refractivity contribution in [2.45, 2.75) is 6.92 Å². The Balaban J connectivity index is 1.61. The minimum atomic E-state index is -0.478. The molecule has 4 rings (SSSR count). The molecular weight excluding hydrogens is 430 g/mol. The van der Waals surface area contributed by atoms with E-state index in [-0.39, 0.29) is 0 Å². The van der Waals surface area contributed by atoms with Gasteiger partial charge < -0.3 is 9.64 Å². The normalized spacial score (nSPS) is 10.7. The average Bonchev–Trinajstić information content (AvgIpc) is 2.90. The Morgan fingerprint density at radius 1 is 0.657 bits per heavy atom. The van der Waals surface area contributed by atoms with Crippen LogP contribution in [0.25, 0.3) is 18.2 Å². The first-order valence-corrected chi connectivity index (χ1v) is 11.4. The summed E-state index contributed by atoms with van der Waals surface area (Å²) < 4.78 is 5.23. The molecule has 0 saturated carbocycles. The van der Waals surface area contributed by atoms with Crippen molar-refractivity contribution in [1.29, 1.82) is 0 Å². The highest BCUT2D eigenvalue weighted by atomic mass is 16.5. The van der Waals surface area contributed by atoms with Crippen molar-refractivity contribution >= 4 is 41.3 Å². The number of ether oxygens (including phenoxy) is 1. The van der Waals surface area contributed by atoms with Crippen molar-refractivity contribution in [1.82, 2.24) is 0 Å². The molecule has 0 spiro atoms. The number of aryl methyl sites for hydroxylation is 1. The van der Waals surface area contributed by atoms with Crippen molar-refractivity contribution in [3.05, 3.63) is 139 Å². The Morgan fingerprint density at radius 3 is 1.57 bits per heavy atom. The smallest absolute Gasteiger partial charge is 0.335 e. The molecular formula is C32H27NO2. The van der Waals surface area contributed by atoms with E-state index in [1.807, 2.05) is 18.2 Å². The van der Waals surface area contributed by atoms with Crippen LogP contribution in [0.2, 0.25) is 0 Å². The number of anilines is 3. The maximum Gasteiger partial charge on any atom is 0.335 e. The van der Waals surface area contributed by atoms with Gasteiger partial charge in [-0.1, -0.05) is 85.5 Å². The van der Waals surface area contributed by atoms with Gasteiger partial charge in [-0.3, -0.25) is 0 Å². The second-order valence-electron chi connectivity index (χ2n) is 8.09. The fraction of sp³-hybridized carbons (Fsp3) is 0.0312. The second-order valence-corrected chi connectivity index (χ2v) is 8.09. The van der Waals surface area contributed by atoms with E-state index in [2.05, 4.69) is 110 Å². The third-order valence-corrected chi connectivity index (χ3v) is 5.56. The molecule has 0 amide bonds. The topological polar surface area (TPSA) is 29.5 Å². The summed E-state index contributed by atoms with van der Waals surface area (Å²) in [6.07, 6.45) is 7.20. The molecule has 0 aliphatic heterocycles. The molecule has 0 radical (unpaired) electrons. The van der Waals surface area contributed by atoms with Gasteiger partial charge in [0, 0.05) is 23.1 Å². The molecule has 0 fully saturated rings. The zero-order chi connectivity index (χ0) is 24.6. The van der Waals surface area contributed by atoms with E-state index in [0.29, 0.717) is 5.75 Å². The van der Waals surface area contributed by atoms with Crippen molar-refractivity contribution in [2.75, 3.05) is 4.90 Å². The first-order chi connectivity index (χ1) is 17.1. The summed E-state index contributed by atoms with van der Waals surface area (Å²) in [5, 5.41) is 0. The van der Waals surface area contributed by atoms with Crippen LogP contribution in [-0.2, 0) is 4.79 Å². The minimum absolute atomic E-state index is 0.476. The number of hydrogen-bond acceptors (Lipinski definition) is 3. The van der Waals surface area contributed by atoms with Crippen LogP contribution >= 0.6 is 0 Å². The van der Waals surface area contributed by atoms with E-state index in [9.17, 15) is 4.79 Å². The predicted molar refractivity (Wildman–Crippen MR) is 147 cm³/mol. The molecule has 172 valence electrons. The molecule has 0 unspecified atom stereocenters. The van der Waals surface area contributed by atoms with E-state index in [1.54, 1.807) is 12.1 Å². The minimum Gasteiger partial charge on any atom is -0.423 e. The second kappa shape index (κ2) is 11.0. The Bertz CT molecular complexity index is 1330. The number of carbonyl (C=O) groups is 1. The molecule has 0 N–H and O–H groups in total. The van der Waals surface area contributed by atoms with Crippen LogP contribution in [0.4, 0.5) is 17.1 Å². The summed E-state index contributed by atoms with van der Waals surface area (Å²) in [5.74, 6) is -0.00227. The Kier molecular flexibility index (Phi) is 7.39. The highest BCUT2D eigenvalue weighted by Crippen LogP contribution is 2.35. The monoisotopic (exact) mass is 457 g/mol. The zero-order valence-electron chi connectivity index (χ0n) is 19.7. The fourth-order valence-electron chi connectivity index (χ4n) is 3.63. The van der Waals surface area contributed by atoms with Crippen molar-refractivity contribution < 1.29 is 9.53 Å². The standard InChI is InChI=1S/C32H27NO2/c1-4-25-8-10-26(11-9-25)12-13-27-14-18-29(19-15-27)33(28-16-6-24(3)7-17-28)30-20-22-31(23-21-30)35-32(34)5-2/h4-23H,1-2H2,3H3. The molecule has 35 heavy (non-hydrogen) atoms. The molecule has 4 aromatic rings. The molecule has 0 atom stereocenters. The summed E-state index contributed by atoms with van der Waals surface area (Å²) in [7, 11) is 0. The summed E-state index contributed by atoms with van der Waals surface area (Å²) in [6, 6.07) is 32.5. The molecule has 0 bridgehead atoms. The van der Waals surface area contributed by atoms with Crippen LogP contribution in [-0.4, -0.2) is 5.97 Å². The summed E-state index contributed by atoms with van der Waals surface area (Å²) in [5.41, 5.74) is 7.57. The Hall–Kier alpha value is -4.63. The maximum atomic E-state index is 11.5. The van der Waals surface area contributed by atoms with Crippen molar-refractivity contribution in [2.24, 2.45) is 0 Å². The largest absolute Gasteiger partial charge is 0.423 e. The van der Waals surface area contributed by atoms with Gasteiger partial charge in [-0.25, -0.2) is 4.79 Å². The van der Waals surface area contributed by atoms with Crippen LogP contribution < -0.4 is 9.64 Å². The number of carbonyl (C=O) groups excluding carboxylic acids is 1. The van der Waals surface area contributed by atoms with E-state index >= 15 is 0 Å². The fourth-order valence-corrected chi connectivity index (χ4v) is 3.63. The molecule has 0 aliphatic carbocycles.